The van der Waals surface area contributed by atoms with E-state index in [1.807, 2.05) is 30.1 Å². The van der Waals surface area contributed by atoms with E-state index in [0.717, 1.165) is 66.9 Å². The Balaban J connectivity index is 1.24. The predicted molar refractivity (Wildman–Crippen MR) is 128 cm³/mol. The second-order valence-electron chi connectivity index (χ2n) is 9.99. The molecule has 2 aliphatic rings. The number of hydrogen-bond donors (Lipinski definition) is 0. The molecule has 178 valence electrons. The Morgan fingerprint density at radius 2 is 1.70 bits per heavy atom. The van der Waals surface area contributed by atoms with Gasteiger partial charge in [-0.15, -0.1) is 0 Å². The molecule has 1 aliphatic heterocycles. The molecule has 0 spiro atoms. The highest BCUT2D eigenvalue weighted by molar-refractivity contribution is 5.68. The van der Waals surface area contributed by atoms with Crippen molar-refractivity contribution in [2.45, 2.75) is 44.7 Å². The van der Waals surface area contributed by atoms with E-state index in [9.17, 15) is 13.2 Å². The first kappa shape index (κ1) is 23.8. The Bertz CT molecular complexity index is 936. The van der Waals surface area contributed by atoms with Crippen LogP contribution in [0.1, 0.15) is 43.4 Å². The highest BCUT2D eigenvalue weighted by atomic mass is 19.4. The van der Waals surface area contributed by atoms with Crippen LogP contribution in [0.5, 0.6) is 0 Å². The minimum atomic E-state index is -4.05. The van der Waals surface area contributed by atoms with Gasteiger partial charge in [-0.05, 0) is 74.7 Å². The molecule has 0 unspecified atom stereocenters. The van der Waals surface area contributed by atoms with Crippen molar-refractivity contribution in [1.29, 1.82) is 0 Å². The normalized spacial score (nSPS) is 18.8. The number of likely N-dealkylation sites (tertiary alicyclic amines) is 1. The molecule has 0 N–H and O–H groups in total. The fourth-order valence-electron chi connectivity index (χ4n) is 4.75. The summed E-state index contributed by atoms with van der Waals surface area (Å²) in [7, 11) is 3.97. The van der Waals surface area contributed by atoms with Gasteiger partial charge in [0.2, 0.25) is 0 Å². The van der Waals surface area contributed by atoms with Crippen LogP contribution in [0.25, 0.3) is 16.8 Å². The van der Waals surface area contributed by atoms with Crippen molar-refractivity contribution in [2.24, 2.45) is 11.3 Å². The molecule has 0 radical (unpaired) electrons. The number of benzene rings is 1. The summed E-state index contributed by atoms with van der Waals surface area (Å²) < 4.78 is 39.6. The maximum atomic E-state index is 13.2. The van der Waals surface area contributed by atoms with E-state index >= 15 is 0 Å². The van der Waals surface area contributed by atoms with E-state index in [-0.39, 0.29) is 6.54 Å². The lowest BCUT2D eigenvalue weighted by molar-refractivity contribution is -0.192. The molecule has 1 aromatic carbocycles. The maximum absolute atomic E-state index is 13.2. The fourth-order valence-corrected chi connectivity index (χ4v) is 4.75. The van der Waals surface area contributed by atoms with Gasteiger partial charge in [0.25, 0.3) is 0 Å². The van der Waals surface area contributed by atoms with Crippen molar-refractivity contribution < 1.29 is 13.2 Å². The average molecular weight is 458 g/mol. The standard InChI is InChI=1S/C27H34F3N3/c1-20(32(2)3)22-5-7-23(8-6-22)24-9-11-25(31-18-24)10-4-21-12-16-33(17-13-21)19-26(14-15-26)27(28,29)30/h5-9,11,18,21H,1,4,10,12-17,19H2,2-3H3. The molecule has 0 bridgehead atoms. The molecule has 1 saturated carbocycles. The zero-order chi connectivity index (χ0) is 23.6. The van der Waals surface area contributed by atoms with E-state index in [1.165, 1.54) is 0 Å². The molecule has 6 heteroatoms. The number of pyridine rings is 1. The first-order valence-corrected chi connectivity index (χ1v) is 11.9. The quantitative estimate of drug-likeness (QED) is 0.466. The van der Waals surface area contributed by atoms with E-state index in [1.54, 1.807) is 0 Å². The van der Waals surface area contributed by atoms with Crippen LogP contribution in [0.15, 0.2) is 49.2 Å². The molecule has 1 saturated heterocycles. The smallest absolute Gasteiger partial charge is 0.378 e. The molecule has 1 aromatic heterocycles. The van der Waals surface area contributed by atoms with Gasteiger partial charge >= 0.3 is 6.18 Å². The summed E-state index contributed by atoms with van der Waals surface area (Å²) >= 11 is 0. The zero-order valence-electron chi connectivity index (χ0n) is 19.7. The van der Waals surface area contributed by atoms with Crippen molar-refractivity contribution >= 4 is 5.70 Å². The van der Waals surface area contributed by atoms with Crippen molar-refractivity contribution in [3.05, 3.63) is 60.4 Å². The third-order valence-electron chi connectivity index (χ3n) is 7.41. The number of piperidine rings is 1. The van der Waals surface area contributed by atoms with Gasteiger partial charge in [-0.25, -0.2) is 0 Å². The van der Waals surface area contributed by atoms with Crippen LogP contribution in [-0.2, 0) is 6.42 Å². The van der Waals surface area contributed by atoms with Crippen LogP contribution in [0.2, 0.25) is 0 Å². The van der Waals surface area contributed by atoms with Gasteiger partial charge in [-0.1, -0.05) is 36.9 Å². The molecule has 33 heavy (non-hydrogen) atoms. The van der Waals surface area contributed by atoms with E-state index < -0.39 is 11.6 Å². The van der Waals surface area contributed by atoms with E-state index in [2.05, 4.69) is 48.0 Å². The molecule has 2 aromatic rings. The van der Waals surface area contributed by atoms with Crippen LogP contribution in [0.3, 0.4) is 0 Å². The molecule has 2 heterocycles. The summed E-state index contributed by atoms with van der Waals surface area (Å²) in [5, 5.41) is 0. The van der Waals surface area contributed by atoms with Crippen molar-refractivity contribution in [3.63, 3.8) is 0 Å². The molecule has 3 nitrogen and oxygen atoms in total. The highest BCUT2D eigenvalue weighted by Gasteiger charge is 2.63. The van der Waals surface area contributed by atoms with Crippen molar-refractivity contribution in [2.75, 3.05) is 33.7 Å². The second-order valence-corrected chi connectivity index (χ2v) is 9.99. The number of rotatable bonds is 8. The van der Waals surface area contributed by atoms with Crippen molar-refractivity contribution in [3.8, 4) is 11.1 Å². The minimum Gasteiger partial charge on any atom is -0.378 e. The third-order valence-corrected chi connectivity index (χ3v) is 7.41. The van der Waals surface area contributed by atoms with E-state index in [0.29, 0.717) is 18.8 Å². The van der Waals surface area contributed by atoms with Gasteiger partial charge in [-0.3, -0.25) is 4.98 Å². The average Bonchev–Trinajstić information content (AvgIpc) is 3.59. The molecule has 0 atom stereocenters. The van der Waals surface area contributed by atoms with Crippen LogP contribution < -0.4 is 0 Å². The summed E-state index contributed by atoms with van der Waals surface area (Å²) in [5.74, 6) is 0.570. The van der Waals surface area contributed by atoms with Gasteiger partial charge in [0.05, 0.1) is 5.41 Å². The number of hydrogen-bond acceptors (Lipinski definition) is 3. The number of aromatic nitrogens is 1. The highest BCUT2D eigenvalue weighted by Crippen LogP contribution is 2.58. The number of halogens is 3. The molecular weight excluding hydrogens is 423 g/mol. The van der Waals surface area contributed by atoms with Crippen LogP contribution >= 0.6 is 0 Å². The van der Waals surface area contributed by atoms with Gasteiger partial charge in [0, 0.05) is 43.8 Å². The van der Waals surface area contributed by atoms with Crippen LogP contribution in [0, 0.1) is 11.3 Å². The molecule has 1 aliphatic carbocycles. The maximum Gasteiger partial charge on any atom is 0.395 e. The van der Waals surface area contributed by atoms with Gasteiger partial charge in [0.15, 0.2) is 0 Å². The zero-order valence-corrected chi connectivity index (χ0v) is 19.7. The van der Waals surface area contributed by atoms with Crippen LogP contribution in [0.4, 0.5) is 13.2 Å². The largest absolute Gasteiger partial charge is 0.395 e. The SMILES string of the molecule is C=C(c1ccc(-c2ccc(CCC3CCN(CC4(C(F)(F)F)CC4)CC3)nc2)cc1)N(C)C. The summed E-state index contributed by atoms with van der Waals surface area (Å²) in [5.41, 5.74) is 3.97. The second kappa shape index (κ2) is 9.49. The topological polar surface area (TPSA) is 19.4 Å². The van der Waals surface area contributed by atoms with Gasteiger partial charge in [0.1, 0.15) is 0 Å². The molecule has 2 fully saturated rings. The Labute approximate surface area is 195 Å². The summed E-state index contributed by atoms with van der Waals surface area (Å²) in [6.07, 6.45) is 2.41. The first-order chi connectivity index (χ1) is 15.7. The summed E-state index contributed by atoms with van der Waals surface area (Å²) in [6, 6.07) is 12.6. The number of aryl methyl sites for hydroxylation is 1. The summed E-state index contributed by atoms with van der Waals surface area (Å²) in [6.45, 7) is 5.85. The number of alkyl halides is 3. The minimum absolute atomic E-state index is 0.191. The Kier molecular flexibility index (Phi) is 6.85. The molecular formula is C27H34F3N3. The fraction of sp³-hybridized carbons (Fsp3) is 0.519. The van der Waals surface area contributed by atoms with E-state index in [4.69, 9.17) is 0 Å². The molecule has 4 rings (SSSR count). The first-order valence-electron chi connectivity index (χ1n) is 11.9. The lowest BCUT2D eigenvalue weighted by atomic mass is 9.90. The Morgan fingerprint density at radius 3 is 2.21 bits per heavy atom. The molecule has 0 amide bonds. The monoisotopic (exact) mass is 457 g/mol. The lowest BCUT2D eigenvalue weighted by Crippen LogP contribution is -2.42. The predicted octanol–water partition coefficient (Wildman–Crippen LogP) is 6.27. The van der Waals surface area contributed by atoms with Gasteiger partial charge in [-0.2, -0.15) is 13.2 Å². The van der Waals surface area contributed by atoms with Gasteiger partial charge < -0.3 is 9.80 Å². The van der Waals surface area contributed by atoms with Crippen LogP contribution in [-0.4, -0.2) is 54.7 Å². The number of nitrogens with zero attached hydrogens (tertiary/aromatic N) is 3. The third kappa shape index (κ3) is 5.60. The Morgan fingerprint density at radius 1 is 1.06 bits per heavy atom. The lowest BCUT2D eigenvalue weighted by Gasteiger charge is -2.35. The Hall–Kier alpha value is -2.34. The summed E-state index contributed by atoms with van der Waals surface area (Å²) in [4.78, 5) is 8.69. The van der Waals surface area contributed by atoms with Crippen molar-refractivity contribution in [1.82, 2.24) is 14.8 Å².